The fourth-order valence-electron chi connectivity index (χ4n) is 2.78. The van der Waals surface area contributed by atoms with Gasteiger partial charge in [0.2, 0.25) is 0 Å². The molecular weight excluding hydrogens is 172 g/mol. The lowest BCUT2D eigenvalue weighted by molar-refractivity contribution is -0.953. The van der Waals surface area contributed by atoms with Crippen molar-refractivity contribution in [2.45, 2.75) is 51.0 Å². The minimum atomic E-state index is 1.11. The van der Waals surface area contributed by atoms with E-state index in [9.17, 15) is 0 Å². The molecule has 14 heavy (non-hydrogen) atoms. The Bertz CT molecular complexity index is 129. The first-order chi connectivity index (χ1) is 6.97. The van der Waals surface area contributed by atoms with Gasteiger partial charge in [-0.1, -0.05) is 12.8 Å². The van der Waals surface area contributed by atoms with Gasteiger partial charge in [-0.15, -0.1) is 0 Å². The summed E-state index contributed by atoms with van der Waals surface area (Å²) in [6, 6.07) is 1.11. The Hall–Kier alpha value is -0.0800. The molecule has 2 nitrogen and oxygen atoms in total. The van der Waals surface area contributed by atoms with Crippen LogP contribution in [-0.2, 0) is 0 Å². The first-order valence-corrected chi connectivity index (χ1v) is 6.52. The minimum Gasteiger partial charge on any atom is -0.332 e. The molecule has 3 fully saturated rings. The van der Waals surface area contributed by atoms with Crippen LogP contribution in [0.5, 0.6) is 0 Å². The average Bonchev–Trinajstić information content (AvgIpc) is 2.48. The molecule has 0 bridgehead atoms. The second kappa shape index (κ2) is 5.72. The predicted molar refractivity (Wildman–Crippen MR) is 59.7 cm³/mol. The van der Waals surface area contributed by atoms with Crippen molar-refractivity contribution in [3.63, 3.8) is 0 Å². The molecule has 2 heteroatoms. The lowest BCUT2D eigenvalue weighted by Crippen LogP contribution is -3.19. The van der Waals surface area contributed by atoms with E-state index in [2.05, 4.69) is 5.32 Å². The molecule has 0 spiro atoms. The molecule has 3 saturated heterocycles. The fraction of sp³-hybridized carbons (Fsp3) is 1.00. The average molecular weight is 197 g/mol. The van der Waals surface area contributed by atoms with Crippen LogP contribution in [-0.4, -0.2) is 32.2 Å². The fourth-order valence-corrected chi connectivity index (χ4v) is 2.78. The molecule has 3 aliphatic heterocycles. The summed E-state index contributed by atoms with van der Waals surface area (Å²) in [4.78, 5) is 1.89. The highest BCUT2D eigenvalue weighted by molar-refractivity contribution is 4.68. The molecule has 82 valence electrons. The number of quaternary nitrogens is 1. The Kier molecular flexibility index (Phi) is 4.26. The molecule has 3 aliphatic rings. The van der Waals surface area contributed by atoms with Gasteiger partial charge in [0.15, 0.2) is 0 Å². The molecule has 0 aromatic rings. The zero-order chi connectivity index (χ0) is 9.64. The molecular formula is C12H25N2+. The highest BCUT2D eigenvalue weighted by Crippen LogP contribution is 2.08. The predicted octanol–water partition coefficient (Wildman–Crippen LogP) is 0.587. The third kappa shape index (κ3) is 2.96. The number of hydrogen-bond donors (Lipinski definition) is 2. The van der Waals surface area contributed by atoms with Gasteiger partial charge in [-0.3, -0.25) is 0 Å². The number of rotatable bonds is 0. The van der Waals surface area contributed by atoms with E-state index < -0.39 is 0 Å². The quantitative estimate of drug-likeness (QED) is 0.581. The van der Waals surface area contributed by atoms with Crippen LogP contribution in [0.3, 0.4) is 0 Å². The van der Waals surface area contributed by atoms with Crippen LogP contribution in [0.2, 0.25) is 0 Å². The van der Waals surface area contributed by atoms with Gasteiger partial charge in [-0.25, -0.2) is 0 Å². The number of fused-ring (bicyclic) bond motifs is 1. The van der Waals surface area contributed by atoms with E-state index in [1.165, 1.54) is 71.1 Å². The lowest BCUT2D eigenvalue weighted by atomic mass is 10.1. The Morgan fingerprint density at radius 3 is 2.00 bits per heavy atom. The Morgan fingerprint density at radius 1 is 0.786 bits per heavy atom. The summed E-state index contributed by atoms with van der Waals surface area (Å²) in [5.74, 6) is 0. The van der Waals surface area contributed by atoms with Crippen LogP contribution in [0, 0.1) is 0 Å². The van der Waals surface area contributed by atoms with Gasteiger partial charge in [-0.2, -0.15) is 0 Å². The largest absolute Gasteiger partial charge is 0.332 e. The molecule has 0 aromatic carbocycles. The summed E-state index contributed by atoms with van der Waals surface area (Å²) in [5.41, 5.74) is 0. The van der Waals surface area contributed by atoms with Gasteiger partial charge in [-0.05, 0) is 25.9 Å². The van der Waals surface area contributed by atoms with E-state index >= 15 is 0 Å². The first-order valence-electron chi connectivity index (χ1n) is 6.52. The highest BCUT2D eigenvalue weighted by atomic mass is 15.2. The molecule has 0 radical (unpaired) electrons. The van der Waals surface area contributed by atoms with Crippen molar-refractivity contribution in [3.8, 4) is 0 Å². The highest BCUT2D eigenvalue weighted by Gasteiger charge is 2.36. The monoisotopic (exact) mass is 197 g/mol. The summed E-state index contributed by atoms with van der Waals surface area (Å²) < 4.78 is 0. The molecule has 0 aromatic heterocycles. The standard InChI is InChI=1S/C6H11N.C6H13N/c1-2-6-3-5-7(6)4-1;1-2-4-6-7-5-3-1/h6H,1-5H2;7H,1-6H2/p+1. The summed E-state index contributed by atoms with van der Waals surface area (Å²) in [6.45, 7) is 5.45. The maximum atomic E-state index is 3.35. The van der Waals surface area contributed by atoms with Crippen LogP contribution in [0.25, 0.3) is 0 Å². The van der Waals surface area contributed by atoms with Crippen molar-refractivity contribution < 1.29 is 4.90 Å². The summed E-state index contributed by atoms with van der Waals surface area (Å²) in [5, 5.41) is 3.35. The van der Waals surface area contributed by atoms with Crippen LogP contribution >= 0.6 is 0 Å². The molecule has 3 heterocycles. The van der Waals surface area contributed by atoms with Gasteiger partial charge in [0, 0.05) is 19.3 Å². The maximum Gasteiger partial charge on any atom is 0.0931 e. The number of hydrogen-bond acceptors (Lipinski definition) is 1. The van der Waals surface area contributed by atoms with Crippen molar-refractivity contribution >= 4 is 0 Å². The van der Waals surface area contributed by atoms with Crippen molar-refractivity contribution in [3.05, 3.63) is 0 Å². The third-order valence-electron chi connectivity index (χ3n) is 3.90. The zero-order valence-corrected chi connectivity index (χ0v) is 9.36. The molecule has 2 unspecified atom stereocenters. The third-order valence-corrected chi connectivity index (χ3v) is 3.90. The zero-order valence-electron chi connectivity index (χ0n) is 9.36. The smallest absolute Gasteiger partial charge is 0.0931 e. The molecule has 2 atom stereocenters. The van der Waals surface area contributed by atoms with Crippen LogP contribution in [0.4, 0.5) is 0 Å². The Labute approximate surface area is 88.1 Å². The van der Waals surface area contributed by atoms with E-state index in [4.69, 9.17) is 0 Å². The first kappa shape index (κ1) is 10.4. The lowest BCUT2D eigenvalue weighted by Gasteiger charge is -2.30. The molecule has 0 amide bonds. The second-order valence-electron chi connectivity index (χ2n) is 4.95. The summed E-state index contributed by atoms with van der Waals surface area (Å²) >= 11 is 0. The van der Waals surface area contributed by atoms with Gasteiger partial charge >= 0.3 is 0 Å². The van der Waals surface area contributed by atoms with E-state index in [1.807, 2.05) is 4.90 Å². The van der Waals surface area contributed by atoms with Crippen LogP contribution in [0.15, 0.2) is 0 Å². The van der Waals surface area contributed by atoms with E-state index in [1.54, 1.807) is 0 Å². The van der Waals surface area contributed by atoms with Crippen LogP contribution < -0.4 is 10.2 Å². The summed E-state index contributed by atoms with van der Waals surface area (Å²) in [7, 11) is 0. The molecule has 0 aliphatic carbocycles. The number of nitrogens with one attached hydrogen (secondary N) is 2. The van der Waals surface area contributed by atoms with E-state index in [-0.39, 0.29) is 0 Å². The van der Waals surface area contributed by atoms with Gasteiger partial charge in [0.25, 0.3) is 0 Å². The molecule has 3 rings (SSSR count). The van der Waals surface area contributed by atoms with Crippen molar-refractivity contribution in [1.29, 1.82) is 0 Å². The van der Waals surface area contributed by atoms with Crippen molar-refractivity contribution in [2.75, 3.05) is 26.2 Å². The molecule has 2 N–H and O–H groups in total. The molecule has 0 saturated carbocycles. The van der Waals surface area contributed by atoms with Crippen molar-refractivity contribution in [2.24, 2.45) is 0 Å². The van der Waals surface area contributed by atoms with E-state index in [0.717, 1.165) is 6.04 Å². The van der Waals surface area contributed by atoms with Gasteiger partial charge < -0.3 is 10.2 Å². The van der Waals surface area contributed by atoms with Crippen LogP contribution in [0.1, 0.15) is 44.9 Å². The van der Waals surface area contributed by atoms with Gasteiger partial charge in [0.1, 0.15) is 0 Å². The Morgan fingerprint density at radius 2 is 1.57 bits per heavy atom. The Balaban J connectivity index is 0.000000107. The maximum absolute atomic E-state index is 3.35. The SMILES string of the molecule is C1CC2CC[NH+]2C1.C1CCCNCC1. The summed E-state index contributed by atoms with van der Waals surface area (Å²) in [6.07, 6.45) is 10.2. The van der Waals surface area contributed by atoms with Gasteiger partial charge in [0.05, 0.1) is 19.1 Å². The minimum absolute atomic E-state index is 1.11. The topological polar surface area (TPSA) is 16.5 Å². The van der Waals surface area contributed by atoms with E-state index in [0.29, 0.717) is 0 Å². The second-order valence-corrected chi connectivity index (χ2v) is 4.95. The van der Waals surface area contributed by atoms with Crippen molar-refractivity contribution in [1.82, 2.24) is 5.32 Å². The normalized spacial score (nSPS) is 36.0.